The number of nitrogens with zero attached hydrogens (tertiary/aromatic N) is 2. The predicted molar refractivity (Wildman–Crippen MR) is 121 cm³/mol. The predicted octanol–water partition coefficient (Wildman–Crippen LogP) is 5.47. The number of imidazole rings is 1. The van der Waals surface area contributed by atoms with Crippen molar-refractivity contribution in [3.05, 3.63) is 81.8 Å². The number of ether oxygens (including phenoxy) is 1. The van der Waals surface area contributed by atoms with Gasteiger partial charge >= 0.3 is 0 Å². The fourth-order valence-corrected chi connectivity index (χ4v) is 4.31. The summed E-state index contributed by atoms with van der Waals surface area (Å²) in [6.07, 6.45) is 0. The third-order valence-electron chi connectivity index (χ3n) is 5.42. The standard InChI is InChI=1S/C24H19BrFN3O2/c1-14-27-21-6-2-16(11-22(21)28-14)15-3-7-23-17(10-15)13-29(8-9-31-23)24(30)19-12-18(26)4-5-20(19)25/h2-7,10-12H,8-9,13H2,1H3,(H,27,28). The maximum absolute atomic E-state index is 13.7. The van der Waals surface area contributed by atoms with Crippen LogP contribution in [0.4, 0.5) is 4.39 Å². The van der Waals surface area contributed by atoms with Crippen molar-refractivity contribution in [2.24, 2.45) is 0 Å². The topological polar surface area (TPSA) is 58.2 Å². The quantitative estimate of drug-likeness (QED) is 0.414. The molecule has 1 aliphatic rings. The first-order chi connectivity index (χ1) is 15.0. The van der Waals surface area contributed by atoms with Gasteiger partial charge in [0.2, 0.25) is 0 Å². The fourth-order valence-electron chi connectivity index (χ4n) is 3.89. The lowest BCUT2D eigenvalue weighted by atomic mass is 10.0. The number of carbonyl (C=O) groups excluding carboxylic acids is 1. The zero-order valence-electron chi connectivity index (χ0n) is 16.8. The Balaban J connectivity index is 1.48. The Labute approximate surface area is 187 Å². The Hall–Kier alpha value is -3.19. The smallest absolute Gasteiger partial charge is 0.255 e. The molecule has 0 radical (unpaired) electrons. The number of rotatable bonds is 2. The number of amides is 1. The van der Waals surface area contributed by atoms with Crippen LogP contribution >= 0.6 is 15.9 Å². The SMILES string of the molecule is Cc1nc2cc(-c3ccc4c(c3)CN(C(=O)c3cc(F)ccc3Br)CCO4)ccc2[nH]1. The molecule has 0 unspecified atom stereocenters. The summed E-state index contributed by atoms with van der Waals surface area (Å²) in [6.45, 7) is 3.12. The summed E-state index contributed by atoms with van der Waals surface area (Å²) in [5, 5.41) is 0. The molecular formula is C24H19BrFN3O2. The number of hydrogen-bond acceptors (Lipinski definition) is 3. The molecule has 5 rings (SSSR count). The Kier molecular flexibility index (Phi) is 4.98. The minimum atomic E-state index is -0.440. The van der Waals surface area contributed by atoms with E-state index in [9.17, 15) is 9.18 Å². The zero-order chi connectivity index (χ0) is 21.5. The molecule has 0 spiro atoms. The minimum absolute atomic E-state index is 0.235. The Bertz CT molecular complexity index is 1320. The summed E-state index contributed by atoms with van der Waals surface area (Å²) in [7, 11) is 0. The second-order valence-corrected chi connectivity index (χ2v) is 8.43. The number of halogens is 2. The summed E-state index contributed by atoms with van der Waals surface area (Å²) in [5.74, 6) is 0.958. The molecule has 1 N–H and O–H groups in total. The van der Waals surface area contributed by atoms with Crippen LogP contribution in [-0.4, -0.2) is 33.9 Å². The van der Waals surface area contributed by atoms with Gasteiger partial charge in [-0.25, -0.2) is 9.37 Å². The lowest BCUT2D eigenvalue weighted by molar-refractivity contribution is 0.0732. The number of aromatic nitrogens is 2. The van der Waals surface area contributed by atoms with Crippen LogP contribution in [0.15, 0.2) is 59.1 Å². The molecule has 4 aromatic rings. The summed E-state index contributed by atoms with van der Waals surface area (Å²) >= 11 is 3.36. The molecule has 1 amide bonds. The van der Waals surface area contributed by atoms with Crippen molar-refractivity contribution >= 4 is 32.9 Å². The summed E-state index contributed by atoms with van der Waals surface area (Å²) < 4.78 is 20.2. The third kappa shape index (κ3) is 3.81. The van der Waals surface area contributed by atoms with Crippen molar-refractivity contribution in [2.75, 3.05) is 13.2 Å². The van der Waals surface area contributed by atoms with Crippen molar-refractivity contribution < 1.29 is 13.9 Å². The molecule has 31 heavy (non-hydrogen) atoms. The molecule has 0 atom stereocenters. The molecule has 0 bridgehead atoms. The van der Waals surface area contributed by atoms with E-state index in [0.29, 0.717) is 29.7 Å². The van der Waals surface area contributed by atoms with E-state index >= 15 is 0 Å². The number of benzene rings is 3. The summed E-state index contributed by atoms with van der Waals surface area (Å²) in [6, 6.07) is 16.2. The van der Waals surface area contributed by atoms with E-state index in [4.69, 9.17) is 4.74 Å². The number of aromatic amines is 1. The van der Waals surface area contributed by atoms with E-state index in [1.165, 1.54) is 12.1 Å². The lowest BCUT2D eigenvalue weighted by Gasteiger charge is -2.21. The van der Waals surface area contributed by atoms with Crippen molar-refractivity contribution in [2.45, 2.75) is 13.5 Å². The van der Waals surface area contributed by atoms with Gasteiger partial charge < -0.3 is 14.6 Å². The molecule has 3 aromatic carbocycles. The fraction of sp³-hybridized carbons (Fsp3) is 0.167. The van der Waals surface area contributed by atoms with Crippen LogP contribution in [-0.2, 0) is 6.54 Å². The van der Waals surface area contributed by atoms with Crippen molar-refractivity contribution in [3.63, 3.8) is 0 Å². The van der Waals surface area contributed by atoms with E-state index in [-0.39, 0.29) is 5.91 Å². The Morgan fingerprint density at radius 1 is 1.13 bits per heavy atom. The molecule has 1 aliphatic heterocycles. The average Bonchev–Trinajstić information content (AvgIpc) is 3.00. The number of fused-ring (bicyclic) bond motifs is 2. The summed E-state index contributed by atoms with van der Waals surface area (Å²) in [5.41, 5.74) is 5.18. The molecule has 0 fully saturated rings. The largest absolute Gasteiger partial charge is 0.491 e. The maximum Gasteiger partial charge on any atom is 0.255 e. The first-order valence-corrected chi connectivity index (χ1v) is 10.7. The highest BCUT2D eigenvalue weighted by Gasteiger charge is 2.23. The first kappa shape index (κ1) is 19.8. The van der Waals surface area contributed by atoms with Crippen molar-refractivity contribution in [1.82, 2.24) is 14.9 Å². The molecule has 5 nitrogen and oxygen atoms in total. The van der Waals surface area contributed by atoms with Gasteiger partial charge in [0.1, 0.15) is 24.0 Å². The van der Waals surface area contributed by atoms with Crippen LogP contribution in [0.5, 0.6) is 5.75 Å². The maximum atomic E-state index is 13.7. The van der Waals surface area contributed by atoms with Gasteiger partial charge in [0.05, 0.1) is 23.1 Å². The Morgan fingerprint density at radius 2 is 1.94 bits per heavy atom. The van der Waals surface area contributed by atoms with Gasteiger partial charge in [-0.05, 0) is 76.4 Å². The second kappa shape index (κ2) is 7.81. The zero-order valence-corrected chi connectivity index (χ0v) is 18.4. The molecule has 2 heterocycles. The van der Waals surface area contributed by atoms with Gasteiger partial charge in [-0.1, -0.05) is 12.1 Å². The van der Waals surface area contributed by atoms with Crippen LogP contribution < -0.4 is 4.74 Å². The summed E-state index contributed by atoms with van der Waals surface area (Å²) in [4.78, 5) is 22.5. The highest BCUT2D eigenvalue weighted by Crippen LogP contribution is 2.31. The van der Waals surface area contributed by atoms with E-state index in [2.05, 4.69) is 25.9 Å². The van der Waals surface area contributed by atoms with E-state index < -0.39 is 5.82 Å². The number of hydrogen-bond donors (Lipinski definition) is 1. The van der Waals surface area contributed by atoms with Crippen LogP contribution in [0, 0.1) is 12.7 Å². The van der Waals surface area contributed by atoms with Gasteiger partial charge in [0.25, 0.3) is 5.91 Å². The highest BCUT2D eigenvalue weighted by atomic mass is 79.9. The molecule has 156 valence electrons. The number of carbonyl (C=O) groups is 1. The van der Waals surface area contributed by atoms with Crippen molar-refractivity contribution in [1.29, 1.82) is 0 Å². The molecular weight excluding hydrogens is 461 g/mol. The van der Waals surface area contributed by atoms with Gasteiger partial charge in [0.15, 0.2) is 0 Å². The van der Waals surface area contributed by atoms with Gasteiger partial charge in [0, 0.05) is 16.6 Å². The number of aryl methyl sites for hydroxylation is 1. The Morgan fingerprint density at radius 3 is 2.81 bits per heavy atom. The van der Waals surface area contributed by atoms with Crippen LogP contribution in [0.3, 0.4) is 0 Å². The minimum Gasteiger partial charge on any atom is -0.491 e. The van der Waals surface area contributed by atoms with E-state index in [1.54, 1.807) is 11.0 Å². The first-order valence-electron chi connectivity index (χ1n) is 9.95. The lowest BCUT2D eigenvalue weighted by Crippen LogP contribution is -2.32. The average molecular weight is 480 g/mol. The normalized spacial score (nSPS) is 13.6. The van der Waals surface area contributed by atoms with Crippen molar-refractivity contribution in [3.8, 4) is 16.9 Å². The van der Waals surface area contributed by atoms with Gasteiger partial charge in [-0.3, -0.25) is 4.79 Å². The third-order valence-corrected chi connectivity index (χ3v) is 6.11. The van der Waals surface area contributed by atoms with E-state index in [1.807, 2.05) is 43.3 Å². The molecule has 0 saturated carbocycles. The molecule has 7 heteroatoms. The van der Waals surface area contributed by atoms with Gasteiger partial charge in [-0.15, -0.1) is 0 Å². The second-order valence-electron chi connectivity index (χ2n) is 7.58. The number of H-pyrrole nitrogens is 1. The number of nitrogens with one attached hydrogen (secondary N) is 1. The van der Waals surface area contributed by atoms with Crippen LogP contribution in [0.2, 0.25) is 0 Å². The highest BCUT2D eigenvalue weighted by molar-refractivity contribution is 9.10. The van der Waals surface area contributed by atoms with Crippen LogP contribution in [0.1, 0.15) is 21.7 Å². The monoisotopic (exact) mass is 479 g/mol. The molecule has 1 aromatic heterocycles. The van der Waals surface area contributed by atoms with Crippen LogP contribution in [0.25, 0.3) is 22.2 Å². The molecule has 0 aliphatic carbocycles. The van der Waals surface area contributed by atoms with Gasteiger partial charge in [-0.2, -0.15) is 0 Å². The molecule has 0 saturated heterocycles. The van der Waals surface area contributed by atoms with E-state index in [0.717, 1.165) is 39.3 Å².